The maximum Gasteiger partial charge on any atom is 0.325 e. The van der Waals surface area contributed by atoms with Gasteiger partial charge >= 0.3 is 12.0 Å². The standard InChI is InChI=1S/C13H16N4O3S/c1-8-3-4-11(21-8)9(2)15-13(20)16-10-5-14-17(6-10)7-12(18)19/h3-6,9H,7H2,1-2H3,(H,18,19)(H2,15,16,20). The summed E-state index contributed by atoms with van der Waals surface area (Å²) < 4.78 is 1.24. The summed E-state index contributed by atoms with van der Waals surface area (Å²) in [7, 11) is 0. The molecule has 2 amide bonds. The molecule has 2 aromatic rings. The summed E-state index contributed by atoms with van der Waals surface area (Å²) >= 11 is 1.63. The summed E-state index contributed by atoms with van der Waals surface area (Å²) in [5.41, 5.74) is 0.448. The number of aryl methyl sites for hydroxylation is 1. The van der Waals surface area contributed by atoms with E-state index >= 15 is 0 Å². The molecule has 0 aromatic carbocycles. The van der Waals surface area contributed by atoms with Crippen molar-refractivity contribution in [3.8, 4) is 0 Å². The second kappa shape index (κ2) is 6.40. The minimum atomic E-state index is -0.990. The number of anilines is 1. The van der Waals surface area contributed by atoms with Crippen LogP contribution in [0.3, 0.4) is 0 Å². The molecule has 0 saturated heterocycles. The molecule has 1 unspecified atom stereocenters. The quantitative estimate of drug-likeness (QED) is 0.789. The van der Waals surface area contributed by atoms with Crippen molar-refractivity contribution in [3.05, 3.63) is 34.3 Å². The fraction of sp³-hybridized carbons (Fsp3) is 0.308. The summed E-state index contributed by atoms with van der Waals surface area (Å²) in [4.78, 5) is 24.7. The van der Waals surface area contributed by atoms with Crippen LogP contribution < -0.4 is 10.6 Å². The van der Waals surface area contributed by atoms with Gasteiger partial charge in [0.2, 0.25) is 0 Å². The van der Waals surface area contributed by atoms with Gasteiger partial charge in [0.15, 0.2) is 0 Å². The third-order valence-corrected chi connectivity index (χ3v) is 3.91. The molecule has 2 heterocycles. The molecular weight excluding hydrogens is 292 g/mol. The monoisotopic (exact) mass is 308 g/mol. The zero-order valence-electron chi connectivity index (χ0n) is 11.7. The zero-order chi connectivity index (χ0) is 15.4. The number of aliphatic carboxylic acids is 1. The zero-order valence-corrected chi connectivity index (χ0v) is 12.5. The lowest BCUT2D eigenvalue weighted by Crippen LogP contribution is -2.30. The molecule has 3 N–H and O–H groups in total. The maximum atomic E-state index is 11.9. The molecule has 21 heavy (non-hydrogen) atoms. The minimum absolute atomic E-state index is 0.0993. The molecule has 0 saturated carbocycles. The van der Waals surface area contributed by atoms with Crippen molar-refractivity contribution < 1.29 is 14.7 Å². The molecule has 2 rings (SSSR count). The van der Waals surface area contributed by atoms with Crippen LogP contribution in [0, 0.1) is 6.92 Å². The molecule has 0 aliphatic carbocycles. The average molecular weight is 308 g/mol. The number of thiophene rings is 1. The van der Waals surface area contributed by atoms with Crippen molar-refractivity contribution in [2.75, 3.05) is 5.32 Å². The topological polar surface area (TPSA) is 96.3 Å². The van der Waals surface area contributed by atoms with Gasteiger partial charge in [-0.3, -0.25) is 9.48 Å². The number of rotatable bonds is 5. The van der Waals surface area contributed by atoms with E-state index in [1.165, 1.54) is 22.0 Å². The first-order valence-corrected chi connectivity index (χ1v) is 7.14. The SMILES string of the molecule is Cc1ccc(C(C)NC(=O)Nc2cnn(CC(=O)O)c2)s1. The number of hydrogen-bond acceptors (Lipinski definition) is 4. The number of carboxylic acids is 1. The van der Waals surface area contributed by atoms with Gasteiger partial charge in [0, 0.05) is 16.0 Å². The summed E-state index contributed by atoms with van der Waals surface area (Å²) in [5, 5.41) is 17.9. The van der Waals surface area contributed by atoms with E-state index in [2.05, 4.69) is 15.7 Å². The first-order valence-electron chi connectivity index (χ1n) is 6.32. The van der Waals surface area contributed by atoms with Crippen molar-refractivity contribution in [1.82, 2.24) is 15.1 Å². The molecule has 0 bridgehead atoms. The number of carbonyl (C=O) groups excluding carboxylic acids is 1. The average Bonchev–Trinajstić information content (AvgIpc) is 2.98. The van der Waals surface area contributed by atoms with Crippen LogP contribution >= 0.6 is 11.3 Å². The van der Waals surface area contributed by atoms with Gasteiger partial charge in [-0.1, -0.05) is 0 Å². The highest BCUT2D eigenvalue weighted by Gasteiger charge is 2.12. The fourth-order valence-electron chi connectivity index (χ4n) is 1.77. The Morgan fingerprint density at radius 3 is 2.86 bits per heavy atom. The number of urea groups is 1. The lowest BCUT2D eigenvalue weighted by molar-refractivity contribution is -0.137. The summed E-state index contributed by atoms with van der Waals surface area (Å²) in [6.07, 6.45) is 2.87. The second-order valence-corrected chi connectivity index (χ2v) is 5.91. The normalized spacial score (nSPS) is 11.9. The molecule has 8 heteroatoms. The molecule has 0 fully saturated rings. The summed E-state index contributed by atoms with van der Waals surface area (Å²) in [6, 6.07) is 3.53. The van der Waals surface area contributed by atoms with Crippen LogP contribution in [0.25, 0.3) is 0 Å². The Morgan fingerprint density at radius 1 is 1.48 bits per heavy atom. The van der Waals surface area contributed by atoms with Gasteiger partial charge in [-0.15, -0.1) is 11.3 Å². The summed E-state index contributed by atoms with van der Waals surface area (Å²) in [6.45, 7) is 3.67. The predicted octanol–water partition coefficient (Wildman–Crippen LogP) is 2.22. The number of hydrogen-bond donors (Lipinski definition) is 3. The van der Waals surface area contributed by atoms with Gasteiger partial charge in [0.25, 0.3) is 0 Å². The lowest BCUT2D eigenvalue weighted by atomic mass is 10.3. The smallest absolute Gasteiger partial charge is 0.325 e. The lowest BCUT2D eigenvalue weighted by Gasteiger charge is -2.12. The third kappa shape index (κ3) is 4.32. The van der Waals surface area contributed by atoms with Gasteiger partial charge < -0.3 is 15.7 Å². The maximum absolute atomic E-state index is 11.9. The van der Waals surface area contributed by atoms with Crippen molar-refractivity contribution in [3.63, 3.8) is 0 Å². The van der Waals surface area contributed by atoms with Gasteiger partial charge in [0.05, 0.1) is 17.9 Å². The van der Waals surface area contributed by atoms with Crippen LogP contribution in [0.15, 0.2) is 24.5 Å². The van der Waals surface area contributed by atoms with Gasteiger partial charge in [-0.2, -0.15) is 5.10 Å². The van der Waals surface area contributed by atoms with Crippen LogP contribution in [0.5, 0.6) is 0 Å². The van der Waals surface area contributed by atoms with Crippen molar-refractivity contribution in [2.24, 2.45) is 0 Å². The van der Waals surface area contributed by atoms with Crippen LogP contribution in [-0.4, -0.2) is 26.9 Å². The van der Waals surface area contributed by atoms with E-state index in [1.807, 2.05) is 26.0 Å². The summed E-state index contributed by atoms with van der Waals surface area (Å²) in [5.74, 6) is -0.990. The highest BCUT2D eigenvalue weighted by Crippen LogP contribution is 2.22. The highest BCUT2D eigenvalue weighted by atomic mass is 32.1. The van der Waals surface area contributed by atoms with E-state index in [1.54, 1.807) is 11.3 Å². The van der Waals surface area contributed by atoms with Crippen LogP contribution in [0.2, 0.25) is 0 Å². The number of carboxylic acid groups (broad SMARTS) is 1. The molecule has 0 aliphatic heterocycles. The van der Waals surface area contributed by atoms with E-state index in [0.29, 0.717) is 5.69 Å². The first kappa shape index (κ1) is 15.0. The molecule has 0 aliphatic rings. The predicted molar refractivity (Wildman–Crippen MR) is 79.5 cm³/mol. The molecule has 0 radical (unpaired) electrons. The first-order chi connectivity index (χ1) is 9.94. The van der Waals surface area contributed by atoms with E-state index < -0.39 is 5.97 Å². The van der Waals surface area contributed by atoms with E-state index in [4.69, 9.17) is 5.11 Å². The van der Waals surface area contributed by atoms with Crippen LogP contribution in [0.4, 0.5) is 10.5 Å². The number of nitrogens with zero attached hydrogens (tertiary/aromatic N) is 2. The Hall–Kier alpha value is -2.35. The number of amides is 2. The molecule has 0 spiro atoms. The molecule has 112 valence electrons. The Labute approximate surface area is 125 Å². The Balaban J connectivity index is 1.89. The Morgan fingerprint density at radius 2 is 2.24 bits per heavy atom. The van der Waals surface area contributed by atoms with E-state index in [0.717, 1.165) is 4.88 Å². The Kier molecular flexibility index (Phi) is 4.59. The number of aromatic nitrogens is 2. The van der Waals surface area contributed by atoms with E-state index in [9.17, 15) is 9.59 Å². The highest BCUT2D eigenvalue weighted by molar-refractivity contribution is 7.12. The van der Waals surface area contributed by atoms with Crippen molar-refractivity contribution in [1.29, 1.82) is 0 Å². The fourth-order valence-corrected chi connectivity index (χ4v) is 2.65. The van der Waals surface area contributed by atoms with Crippen LogP contribution in [-0.2, 0) is 11.3 Å². The van der Waals surface area contributed by atoms with Gasteiger partial charge in [-0.25, -0.2) is 4.79 Å². The second-order valence-electron chi connectivity index (χ2n) is 4.59. The molecule has 2 aromatic heterocycles. The van der Waals surface area contributed by atoms with E-state index in [-0.39, 0.29) is 18.6 Å². The van der Waals surface area contributed by atoms with Crippen molar-refractivity contribution in [2.45, 2.75) is 26.4 Å². The minimum Gasteiger partial charge on any atom is -0.480 e. The Bertz CT molecular complexity index is 649. The van der Waals surface area contributed by atoms with Gasteiger partial charge in [0.1, 0.15) is 6.54 Å². The molecule has 1 atom stereocenters. The van der Waals surface area contributed by atoms with Crippen molar-refractivity contribution >= 4 is 29.0 Å². The van der Waals surface area contributed by atoms with Gasteiger partial charge in [-0.05, 0) is 26.0 Å². The largest absolute Gasteiger partial charge is 0.480 e. The molecule has 7 nitrogen and oxygen atoms in total. The third-order valence-electron chi connectivity index (χ3n) is 2.72. The molecular formula is C13H16N4O3S. The number of nitrogens with one attached hydrogen (secondary N) is 2. The van der Waals surface area contributed by atoms with Crippen LogP contribution in [0.1, 0.15) is 22.7 Å². The number of carbonyl (C=O) groups is 2.